The molecule has 0 N–H and O–H groups in total. The zero-order chi connectivity index (χ0) is 18.9. The molecule has 0 aromatic heterocycles. The summed E-state index contributed by atoms with van der Waals surface area (Å²) in [6.07, 6.45) is 0. The van der Waals surface area contributed by atoms with E-state index in [1.54, 1.807) is 36.2 Å². The molecule has 0 aliphatic carbocycles. The first kappa shape index (κ1) is 18.1. The van der Waals surface area contributed by atoms with Crippen LogP contribution >= 0.6 is 0 Å². The Hall–Kier alpha value is -2.68. The number of carbonyl (C=O) groups excluding carboxylic acids is 1. The summed E-state index contributed by atoms with van der Waals surface area (Å²) in [4.78, 5) is 14.6. The van der Waals surface area contributed by atoms with Crippen molar-refractivity contribution in [2.75, 3.05) is 7.05 Å². The van der Waals surface area contributed by atoms with Gasteiger partial charge >= 0.3 is 0 Å². The van der Waals surface area contributed by atoms with E-state index in [4.69, 9.17) is 0 Å². The fourth-order valence-electron chi connectivity index (χ4n) is 3.11. The average molecular weight is 349 g/mol. The molecule has 0 aliphatic heterocycles. The molecule has 0 unspecified atom stereocenters. The first-order valence-corrected chi connectivity index (χ1v) is 8.79. The van der Waals surface area contributed by atoms with Crippen molar-refractivity contribution in [2.24, 2.45) is 0 Å². The smallest absolute Gasteiger partial charge is 0.254 e. The Balaban J connectivity index is 1.84. The molecule has 0 atom stereocenters. The van der Waals surface area contributed by atoms with Gasteiger partial charge in [-0.05, 0) is 34.1 Å². The van der Waals surface area contributed by atoms with E-state index in [2.05, 4.69) is 45.0 Å². The predicted octanol–water partition coefficient (Wildman–Crippen LogP) is 5.55. The van der Waals surface area contributed by atoms with Gasteiger partial charge in [0.25, 0.3) is 5.91 Å². The summed E-state index contributed by atoms with van der Waals surface area (Å²) in [5.41, 5.74) is 2.96. The summed E-state index contributed by atoms with van der Waals surface area (Å²) in [6, 6.07) is 18.4. The van der Waals surface area contributed by atoms with Crippen molar-refractivity contribution in [1.82, 2.24) is 4.90 Å². The third-order valence-corrected chi connectivity index (χ3v) is 4.69. The predicted molar refractivity (Wildman–Crippen MR) is 105 cm³/mol. The van der Waals surface area contributed by atoms with Crippen LogP contribution in [-0.2, 0) is 12.0 Å². The molecule has 134 valence electrons. The van der Waals surface area contributed by atoms with Crippen LogP contribution in [0.15, 0.2) is 60.7 Å². The van der Waals surface area contributed by atoms with E-state index in [-0.39, 0.29) is 17.1 Å². The Morgan fingerprint density at radius 1 is 0.923 bits per heavy atom. The molecule has 2 nitrogen and oxygen atoms in total. The normalized spacial score (nSPS) is 11.6. The molecule has 1 amide bonds. The minimum absolute atomic E-state index is 0.104. The second-order valence-electron chi connectivity index (χ2n) is 7.75. The number of hydrogen-bond donors (Lipinski definition) is 0. The lowest BCUT2D eigenvalue weighted by Gasteiger charge is -2.21. The summed E-state index contributed by atoms with van der Waals surface area (Å²) in [5, 5.41) is 1.12. The number of benzene rings is 3. The van der Waals surface area contributed by atoms with Crippen LogP contribution in [-0.4, -0.2) is 17.9 Å². The zero-order valence-electron chi connectivity index (χ0n) is 15.7. The van der Waals surface area contributed by atoms with Crippen molar-refractivity contribution in [3.8, 4) is 0 Å². The van der Waals surface area contributed by atoms with Crippen LogP contribution in [0.25, 0.3) is 10.8 Å². The largest absolute Gasteiger partial charge is 0.337 e. The van der Waals surface area contributed by atoms with E-state index in [0.717, 1.165) is 5.56 Å². The molecular weight excluding hydrogens is 325 g/mol. The maximum Gasteiger partial charge on any atom is 0.254 e. The summed E-state index contributed by atoms with van der Waals surface area (Å²) in [7, 11) is 1.78. The lowest BCUT2D eigenvalue weighted by molar-refractivity contribution is 0.0787. The van der Waals surface area contributed by atoms with Gasteiger partial charge in [-0.25, -0.2) is 4.39 Å². The highest BCUT2D eigenvalue weighted by Gasteiger charge is 2.17. The summed E-state index contributed by atoms with van der Waals surface area (Å²) >= 11 is 0. The van der Waals surface area contributed by atoms with E-state index < -0.39 is 0 Å². The number of carbonyl (C=O) groups is 1. The van der Waals surface area contributed by atoms with E-state index >= 15 is 0 Å². The van der Waals surface area contributed by atoms with Crippen LogP contribution in [0.4, 0.5) is 4.39 Å². The van der Waals surface area contributed by atoms with Gasteiger partial charge in [-0.1, -0.05) is 69.3 Å². The fraction of sp³-hybridized carbons (Fsp3) is 0.261. The monoisotopic (exact) mass is 349 g/mol. The first-order chi connectivity index (χ1) is 12.3. The number of nitrogens with zero attached hydrogens (tertiary/aromatic N) is 1. The third-order valence-electron chi connectivity index (χ3n) is 4.69. The van der Waals surface area contributed by atoms with Gasteiger partial charge in [0.2, 0.25) is 0 Å². The van der Waals surface area contributed by atoms with Crippen molar-refractivity contribution in [3.05, 3.63) is 83.2 Å². The highest BCUT2D eigenvalue weighted by atomic mass is 19.1. The van der Waals surface area contributed by atoms with E-state index in [1.165, 1.54) is 11.6 Å². The van der Waals surface area contributed by atoms with Gasteiger partial charge in [-0.3, -0.25) is 4.79 Å². The molecule has 0 fully saturated rings. The third kappa shape index (κ3) is 3.62. The van der Waals surface area contributed by atoms with Crippen molar-refractivity contribution >= 4 is 16.7 Å². The second kappa shape index (κ2) is 6.91. The van der Waals surface area contributed by atoms with Crippen LogP contribution in [0.1, 0.15) is 42.3 Å². The molecule has 3 rings (SSSR count). The quantitative estimate of drug-likeness (QED) is 0.607. The fourth-order valence-corrected chi connectivity index (χ4v) is 3.11. The summed E-state index contributed by atoms with van der Waals surface area (Å²) in [5.74, 6) is -0.418. The SMILES string of the molecule is CN(Cc1ccc(C(C)(C)C)cc1)C(=O)c1ccc(F)c2ccccc12. The molecule has 0 aliphatic rings. The van der Waals surface area contributed by atoms with E-state index in [0.29, 0.717) is 22.9 Å². The Morgan fingerprint density at radius 2 is 1.54 bits per heavy atom. The average Bonchev–Trinajstić information content (AvgIpc) is 2.61. The van der Waals surface area contributed by atoms with E-state index in [1.807, 2.05) is 6.07 Å². The highest BCUT2D eigenvalue weighted by molar-refractivity contribution is 6.07. The lowest BCUT2D eigenvalue weighted by Crippen LogP contribution is -2.26. The standard InChI is InChI=1S/C23H24FNO/c1-23(2,3)17-11-9-16(10-12-17)15-25(4)22(26)20-13-14-21(24)19-8-6-5-7-18(19)20/h5-14H,15H2,1-4H3. The van der Waals surface area contributed by atoms with Gasteiger partial charge in [-0.15, -0.1) is 0 Å². The Kier molecular flexibility index (Phi) is 4.82. The van der Waals surface area contributed by atoms with Crippen LogP contribution in [0.5, 0.6) is 0 Å². The van der Waals surface area contributed by atoms with Gasteiger partial charge in [0.1, 0.15) is 5.82 Å². The topological polar surface area (TPSA) is 20.3 Å². The van der Waals surface area contributed by atoms with Crippen molar-refractivity contribution in [2.45, 2.75) is 32.7 Å². The Bertz CT molecular complexity index is 939. The zero-order valence-corrected chi connectivity index (χ0v) is 15.7. The molecule has 3 aromatic rings. The van der Waals surface area contributed by atoms with Gasteiger partial charge in [-0.2, -0.15) is 0 Å². The number of fused-ring (bicyclic) bond motifs is 1. The summed E-state index contributed by atoms with van der Waals surface area (Å²) < 4.78 is 14.0. The van der Waals surface area contributed by atoms with Crippen molar-refractivity contribution < 1.29 is 9.18 Å². The van der Waals surface area contributed by atoms with Gasteiger partial charge in [0, 0.05) is 24.5 Å². The maximum absolute atomic E-state index is 14.0. The number of rotatable bonds is 3. The lowest BCUT2D eigenvalue weighted by atomic mass is 9.87. The molecule has 0 bridgehead atoms. The molecule has 0 radical (unpaired) electrons. The molecular formula is C23H24FNO. The highest BCUT2D eigenvalue weighted by Crippen LogP contribution is 2.24. The van der Waals surface area contributed by atoms with Gasteiger partial charge < -0.3 is 4.90 Å². The van der Waals surface area contributed by atoms with Crippen LogP contribution in [0.2, 0.25) is 0 Å². The minimum Gasteiger partial charge on any atom is -0.337 e. The Morgan fingerprint density at radius 3 is 2.15 bits per heavy atom. The number of amides is 1. The Labute approximate surface area is 154 Å². The second-order valence-corrected chi connectivity index (χ2v) is 7.75. The minimum atomic E-state index is -0.308. The maximum atomic E-state index is 14.0. The van der Waals surface area contributed by atoms with Gasteiger partial charge in [0.15, 0.2) is 0 Å². The molecule has 0 saturated carbocycles. The molecule has 26 heavy (non-hydrogen) atoms. The first-order valence-electron chi connectivity index (χ1n) is 8.79. The molecule has 3 heteroatoms. The molecule has 0 spiro atoms. The molecule has 3 aromatic carbocycles. The van der Waals surface area contributed by atoms with E-state index in [9.17, 15) is 9.18 Å². The van der Waals surface area contributed by atoms with Crippen molar-refractivity contribution in [3.63, 3.8) is 0 Å². The van der Waals surface area contributed by atoms with Crippen LogP contribution in [0, 0.1) is 5.82 Å². The van der Waals surface area contributed by atoms with Crippen LogP contribution < -0.4 is 0 Å². The van der Waals surface area contributed by atoms with Crippen LogP contribution in [0.3, 0.4) is 0 Å². The number of hydrogen-bond acceptors (Lipinski definition) is 1. The summed E-state index contributed by atoms with van der Waals surface area (Å²) in [6.45, 7) is 7.04. The van der Waals surface area contributed by atoms with Gasteiger partial charge in [0.05, 0.1) is 0 Å². The molecule has 0 saturated heterocycles. The van der Waals surface area contributed by atoms with Crippen molar-refractivity contribution in [1.29, 1.82) is 0 Å². The molecule has 0 heterocycles. The number of halogens is 1.